The first-order valence-corrected chi connectivity index (χ1v) is 9.60. The van der Waals surface area contributed by atoms with Gasteiger partial charge in [-0.2, -0.15) is 0 Å². The first-order valence-electron chi connectivity index (χ1n) is 8.72. The van der Waals surface area contributed by atoms with Crippen LogP contribution in [-0.4, -0.2) is 29.4 Å². The molecule has 3 rings (SSSR count). The van der Waals surface area contributed by atoms with E-state index in [4.69, 9.17) is 0 Å². The van der Waals surface area contributed by atoms with E-state index in [-0.39, 0.29) is 11.8 Å². The van der Waals surface area contributed by atoms with E-state index in [1.54, 1.807) is 5.51 Å². The van der Waals surface area contributed by atoms with Crippen molar-refractivity contribution in [2.75, 3.05) is 5.32 Å². The number of hydrogen-bond donors (Lipinski definition) is 1. The molecule has 3 aromatic rings. The van der Waals surface area contributed by atoms with Crippen molar-refractivity contribution < 1.29 is 9.50 Å². The Hall–Kier alpha value is -3.00. The van der Waals surface area contributed by atoms with E-state index < -0.39 is 5.41 Å². The minimum absolute atomic E-state index is 0.138. The number of aromatic nitrogens is 2. The van der Waals surface area contributed by atoms with Crippen molar-refractivity contribution in [2.45, 2.75) is 19.8 Å². The molecule has 8 heteroatoms. The number of amides is 1. The Morgan fingerprint density at radius 2 is 1.82 bits per heavy atom. The molecule has 1 unspecified atom stereocenters. The van der Waals surface area contributed by atoms with E-state index in [2.05, 4.69) is 20.5 Å². The van der Waals surface area contributed by atoms with E-state index in [1.165, 1.54) is 17.5 Å². The standard InChI is InChI=1S/C20H19BN4O2S/c1-20(2,18(26)24-19-25-23-13-28-19)17(14-6-4-3-5-7-14)15-8-10-16(11-9-15)22-12-21-27/h3-13,17H,1-2H3,(H,24,25,26)/b22-12-. The number of carbonyl (C=O) groups is 1. The Balaban J connectivity index is 1.98. The number of rotatable bonds is 7. The van der Waals surface area contributed by atoms with Crippen LogP contribution in [0.4, 0.5) is 10.8 Å². The second-order valence-corrected chi connectivity index (χ2v) is 7.60. The van der Waals surface area contributed by atoms with Gasteiger partial charge in [-0.25, -0.2) is 0 Å². The van der Waals surface area contributed by atoms with E-state index in [0.717, 1.165) is 11.1 Å². The van der Waals surface area contributed by atoms with Crippen LogP contribution >= 0.6 is 11.3 Å². The van der Waals surface area contributed by atoms with Crippen LogP contribution in [0, 0.1) is 5.41 Å². The first kappa shape index (κ1) is 19.8. The third-order valence-electron chi connectivity index (χ3n) is 4.53. The molecule has 1 heterocycles. The van der Waals surface area contributed by atoms with Crippen molar-refractivity contribution in [1.29, 1.82) is 0 Å². The molecular weight excluding hydrogens is 371 g/mol. The molecule has 0 fully saturated rings. The normalized spacial score (nSPS) is 12.5. The average molecular weight is 390 g/mol. The van der Waals surface area contributed by atoms with Gasteiger partial charge in [0.05, 0.1) is 0 Å². The average Bonchev–Trinajstić information content (AvgIpc) is 3.21. The van der Waals surface area contributed by atoms with Crippen LogP contribution in [0.5, 0.6) is 0 Å². The monoisotopic (exact) mass is 390 g/mol. The van der Waals surface area contributed by atoms with E-state index in [9.17, 15) is 9.50 Å². The molecule has 0 aliphatic carbocycles. The van der Waals surface area contributed by atoms with Crippen molar-refractivity contribution in [3.8, 4) is 0 Å². The van der Waals surface area contributed by atoms with Gasteiger partial charge in [0.1, 0.15) is 5.51 Å². The van der Waals surface area contributed by atoms with Crippen LogP contribution in [0.3, 0.4) is 0 Å². The second-order valence-electron chi connectivity index (χ2n) is 6.77. The Kier molecular flexibility index (Phi) is 6.21. The molecule has 0 saturated heterocycles. The van der Waals surface area contributed by atoms with Crippen molar-refractivity contribution >= 4 is 41.3 Å². The summed E-state index contributed by atoms with van der Waals surface area (Å²) < 4.78 is 10.5. The maximum atomic E-state index is 13.1. The van der Waals surface area contributed by atoms with Crippen LogP contribution in [0.15, 0.2) is 65.1 Å². The number of nitrogens with zero attached hydrogens (tertiary/aromatic N) is 3. The SMILES string of the molecule is CC(C)(C(=O)Nc1nncs1)C(c1ccccc1)c1ccc(/N=C\B=O)cc1. The summed E-state index contributed by atoms with van der Waals surface area (Å²) >= 11 is 1.28. The van der Waals surface area contributed by atoms with Gasteiger partial charge in [-0.15, -0.1) is 5.10 Å². The van der Waals surface area contributed by atoms with Crippen LogP contribution < -0.4 is 5.32 Å². The molecule has 0 bridgehead atoms. The number of benzene rings is 2. The van der Waals surface area contributed by atoms with Crippen molar-refractivity contribution in [2.24, 2.45) is 10.4 Å². The molecule has 1 amide bonds. The van der Waals surface area contributed by atoms with Gasteiger partial charge in [-0.05, 0) is 0 Å². The quantitative estimate of drug-likeness (QED) is 0.487. The summed E-state index contributed by atoms with van der Waals surface area (Å²) in [6, 6.07) is 17.5. The van der Waals surface area contributed by atoms with Gasteiger partial charge in [0.2, 0.25) is 0 Å². The van der Waals surface area contributed by atoms with Crippen LogP contribution in [-0.2, 0) is 9.50 Å². The summed E-state index contributed by atoms with van der Waals surface area (Å²) in [6.45, 7) is 3.83. The van der Waals surface area contributed by atoms with Gasteiger partial charge in [0, 0.05) is 0 Å². The Labute approximate surface area is 168 Å². The van der Waals surface area contributed by atoms with Gasteiger partial charge in [-0.3, -0.25) is 0 Å². The molecule has 1 atom stereocenters. The first-order chi connectivity index (χ1) is 13.5. The number of hydrogen-bond acceptors (Lipinski definition) is 6. The summed E-state index contributed by atoms with van der Waals surface area (Å²) in [6.07, 6.45) is 1.21. The fourth-order valence-corrected chi connectivity index (χ4v) is 3.60. The number of nitrogens with one attached hydrogen (secondary N) is 1. The van der Waals surface area contributed by atoms with Gasteiger partial charge < -0.3 is 0 Å². The number of aliphatic imine (C=N–C) groups is 1. The summed E-state index contributed by atoms with van der Waals surface area (Å²) in [4.78, 5) is 17.2. The summed E-state index contributed by atoms with van der Waals surface area (Å²) in [7, 11) is 0.640. The van der Waals surface area contributed by atoms with Gasteiger partial charge in [-0.1, -0.05) is 0 Å². The van der Waals surface area contributed by atoms with Crippen LogP contribution in [0.1, 0.15) is 30.9 Å². The van der Waals surface area contributed by atoms with Crippen molar-refractivity contribution in [1.82, 2.24) is 10.2 Å². The Morgan fingerprint density at radius 3 is 2.43 bits per heavy atom. The molecule has 0 spiro atoms. The molecule has 1 aromatic heterocycles. The molecule has 2 aromatic carbocycles. The molecule has 28 heavy (non-hydrogen) atoms. The van der Waals surface area contributed by atoms with Gasteiger partial charge >= 0.3 is 157 Å². The van der Waals surface area contributed by atoms with E-state index in [1.807, 2.05) is 68.4 Å². The summed E-state index contributed by atoms with van der Waals surface area (Å²) in [5, 5.41) is 11.0. The zero-order chi connectivity index (χ0) is 20.0. The summed E-state index contributed by atoms with van der Waals surface area (Å²) in [5.41, 5.74) is 3.51. The second kappa shape index (κ2) is 8.80. The predicted octanol–water partition coefficient (Wildman–Crippen LogP) is 4.04. The molecule has 1 N–H and O–H groups in total. The van der Waals surface area contributed by atoms with Crippen molar-refractivity contribution in [3.05, 3.63) is 71.2 Å². The molecule has 0 aliphatic heterocycles. The van der Waals surface area contributed by atoms with Crippen LogP contribution in [0.25, 0.3) is 0 Å². The molecule has 0 saturated carbocycles. The van der Waals surface area contributed by atoms with Crippen LogP contribution in [0.2, 0.25) is 0 Å². The number of anilines is 1. The molecule has 140 valence electrons. The molecule has 0 radical (unpaired) electrons. The minimum atomic E-state index is -0.763. The fraction of sp³-hybridized carbons (Fsp3) is 0.200. The van der Waals surface area contributed by atoms with Crippen molar-refractivity contribution in [3.63, 3.8) is 0 Å². The zero-order valence-corrected chi connectivity index (χ0v) is 16.4. The Morgan fingerprint density at radius 1 is 1.14 bits per heavy atom. The topological polar surface area (TPSA) is 84.3 Å². The summed E-state index contributed by atoms with van der Waals surface area (Å²) in [5.74, 6) is -0.327. The third-order valence-corrected chi connectivity index (χ3v) is 5.14. The third kappa shape index (κ3) is 4.45. The van der Waals surface area contributed by atoms with Gasteiger partial charge in [0.15, 0.2) is 0 Å². The maximum absolute atomic E-state index is 13.1. The predicted molar refractivity (Wildman–Crippen MR) is 112 cm³/mol. The Bertz CT molecular complexity index is 958. The molecule has 6 nitrogen and oxygen atoms in total. The van der Waals surface area contributed by atoms with Gasteiger partial charge in [0.25, 0.3) is 0 Å². The number of carbonyl (C=O) groups excluding carboxylic acids is 1. The molecular formula is C20H19BN4O2S. The van der Waals surface area contributed by atoms with E-state index >= 15 is 0 Å². The van der Waals surface area contributed by atoms with E-state index in [0.29, 0.717) is 18.0 Å². The fourth-order valence-electron chi connectivity index (χ4n) is 3.16. The molecule has 0 aliphatic rings. The zero-order valence-electron chi connectivity index (χ0n) is 15.6.